The maximum Gasteiger partial charge on any atom is 0.303 e. The third-order valence-corrected chi connectivity index (χ3v) is 41.2. The highest BCUT2D eigenvalue weighted by atomic mass is 127. The molecule has 0 aromatic heterocycles. The summed E-state index contributed by atoms with van der Waals surface area (Å²) in [6, 6.07) is 16.7. The lowest BCUT2D eigenvalue weighted by atomic mass is 9.75. The van der Waals surface area contributed by atoms with E-state index < -0.39 is 57.0 Å². The van der Waals surface area contributed by atoms with Crippen LogP contribution >= 0.6 is 251 Å². The molecule has 0 radical (unpaired) electrons. The van der Waals surface area contributed by atoms with Crippen LogP contribution in [0.1, 0.15) is 271 Å². The van der Waals surface area contributed by atoms with Crippen molar-refractivity contribution in [3.8, 4) is 0 Å². The Labute approximate surface area is 864 Å². The fraction of sp³-hybridized carbons (Fsp3) is 0.506. The molecule has 18 nitrogen and oxygen atoms in total. The number of rotatable bonds is 35. The Hall–Kier alpha value is -0.940. The van der Waals surface area contributed by atoms with E-state index in [1.807, 2.05) is 19.9 Å². The van der Waals surface area contributed by atoms with Gasteiger partial charge in [-0.25, -0.2) is 8.78 Å². The summed E-state index contributed by atoms with van der Waals surface area (Å²) < 4.78 is 77.2. The van der Waals surface area contributed by atoms with Gasteiger partial charge in [-0.05, 0) is 397 Å². The summed E-state index contributed by atoms with van der Waals surface area (Å²) in [5.41, 5.74) is 15.7. The molecule has 6 N–H and O–H groups in total. The van der Waals surface area contributed by atoms with Crippen molar-refractivity contribution in [2.75, 3.05) is 18.8 Å². The molecule has 122 heavy (non-hydrogen) atoms. The number of carboxylic acids is 5. The molecule has 4 unspecified atom stereocenters. The molecule has 11 rings (SSSR count). The molecule has 0 fully saturated rings. The van der Waals surface area contributed by atoms with Crippen molar-refractivity contribution in [2.24, 2.45) is 15.0 Å². The molecule has 0 saturated heterocycles. The van der Waals surface area contributed by atoms with E-state index in [0.717, 1.165) is 145 Å². The number of unbranched alkanes of at least 4 members (excludes halogenated alkanes) is 11. The normalized spacial score (nSPS) is 18.7. The molecule has 0 saturated carbocycles. The van der Waals surface area contributed by atoms with Crippen LogP contribution in [-0.2, 0) is 61.2 Å². The number of carboxylic acid groups (broad SMARTS) is 5. The topological polar surface area (TPSA) is 284 Å². The van der Waals surface area contributed by atoms with Crippen molar-refractivity contribution in [3.05, 3.63) is 134 Å². The van der Waals surface area contributed by atoms with Crippen LogP contribution in [0.3, 0.4) is 0 Å². The van der Waals surface area contributed by atoms with Crippen LogP contribution < -0.4 is 0 Å². The maximum atomic E-state index is 14.5. The van der Waals surface area contributed by atoms with E-state index in [1.165, 1.54) is 96.2 Å². The molecule has 5 aliphatic rings. The Morgan fingerprint density at radius 3 is 1.19 bits per heavy atom. The minimum Gasteiger partial charge on any atom is -0.481 e. The fourth-order valence-electron chi connectivity index (χ4n) is 16.7. The standard InChI is InChI=1S/C22H28I3NO4.C20H26I3NO5S.C16H18Br3NO2.C16H18F2INO2.C15H13I2N/c1-14-22(2,11-7-3-5-9-17(27)28)19-16(13-15(23)20(24)21(19)25)26(14)12-8-4-6-10-18(29)30;1-13-20(2,9-5-3-4-8-16(25)26)17-15(12-14(21)18(22)19(17)23)24(13)10-6-7-11-30(27,28)29;1-9-16(2,7-5-3-4-6-12(21)22)13-11(20-9)8-10(17)14(18)15(13)19;1-9-16(2,7-5-3-4-6-12(21)22)13-11(20-9)8-10(17)15(19)14(13)18;1-8-15(2,3)14-11-6-9(16)7-12(17)10(11)4-5-13(14)18-8/h13H,3-12H2,1-2H3,(H-,27,28,29,30);12H,3-11H2,1-2H3,(H-,25,26,27,28,29);2*8H,3-7H2,1-2H3,(H,21,22);4-7H,1-3H3/p+2. The Morgan fingerprint density at radius 2 is 0.779 bits per heavy atom. The number of hydrogen-bond donors (Lipinski definition) is 6. The summed E-state index contributed by atoms with van der Waals surface area (Å²) in [6.45, 7) is 25.3. The Kier molecular flexibility index (Phi) is 42.2. The highest BCUT2D eigenvalue weighted by Gasteiger charge is 2.51. The summed E-state index contributed by atoms with van der Waals surface area (Å²) in [5.74, 6) is -5.03. The summed E-state index contributed by atoms with van der Waals surface area (Å²) in [7, 11) is -3.93. The molecule has 4 atom stereocenters. The van der Waals surface area contributed by atoms with E-state index >= 15 is 0 Å². The quantitative estimate of drug-likeness (QED) is 0.00710. The first-order chi connectivity index (χ1) is 56.9. The zero-order valence-corrected chi connectivity index (χ0v) is 95.1. The average molecular weight is 2900 g/mol. The van der Waals surface area contributed by atoms with Crippen LogP contribution in [-0.4, -0.2) is 125 Å². The van der Waals surface area contributed by atoms with Gasteiger partial charge in [0.1, 0.15) is 24.7 Å². The molecule has 0 aliphatic carbocycles. The first-order valence-electron chi connectivity index (χ1n) is 40.5. The van der Waals surface area contributed by atoms with Crippen molar-refractivity contribution in [1.82, 2.24) is 0 Å². The second-order valence-electron chi connectivity index (χ2n) is 33.0. The van der Waals surface area contributed by atoms with Crippen LogP contribution in [0, 0.1) is 43.8 Å². The molecule has 0 amide bonds. The molecule has 6 aromatic rings. The zero-order chi connectivity index (χ0) is 91.2. The van der Waals surface area contributed by atoms with Crippen LogP contribution in [0.15, 0.2) is 76.9 Å². The molecular formula is C89H105Br3F2I9N5O13S+2. The average Bonchev–Trinajstić information content (AvgIpc) is 1.57. The third kappa shape index (κ3) is 27.0. The van der Waals surface area contributed by atoms with Gasteiger partial charge in [0.05, 0.1) is 48.3 Å². The summed E-state index contributed by atoms with van der Waals surface area (Å²) >= 11 is 31.8. The third-order valence-electron chi connectivity index (χ3n) is 24.4. The monoisotopic (exact) mass is 2900 g/mol. The summed E-state index contributed by atoms with van der Waals surface area (Å²) in [5, 5.41) is 46.6. The Balaban J connectivity index is 0.000000212. The van der Waals surface area contributed by atoms with Gasteiger partial charge in [-0.1, -0.05) is 85.1 Å². The molecule has 5 aliphatic heterocycles. The Morgan fingerprint density at radius 1 is 0.402 bits per heavy atom. The molecule has 6 aromatic carbocycles. The SMILES string of the molecule is CC1=Nc2cc(Br)c(Br)c(Br)c2C1(C)CCCCCC(=O)O.CC1=Nc2cc(F)c(I)c(F)c2C1(C)CCCCCC(=O)O.CC1=Nc2ccc3c(I)cc(I)cc3c2C1(C)C.CC1=[N+](CCCCCC(=O)O)c2cc(I)c(I)c(I)c2C1(C)CCCCCC(=O)O.CC1=[N+](CCCCS(=O)(=O)O)c2cc(I)c(I)c(I)c2C1(C)CCCCCC(=O)O. The van der Waals surface area contributed by atoms with Gasteiger partial charge in [0.2, 0.25) is 11.4 Å². The van der Waals surface area contributed by atoms with E-state index in [2.05, 4.69) is 341 Å². The lowest BCUT2D eigenvalue weighted by Crippen LogP contribution is -2.31. The van der Waals surface area contributed by atoms with Gasteiger partial charge in [-0.2, -0.15) is 17.6 Å². The van der Waals surface area contributed by atoms with Crippen LogP contribution in [0.4, 0.5) is 37.2 Å². The van der Waals surface area contributed by atoms with Crippen LogP contribution in [0.25, 0.3) is 10.8 Å². The van der Waals surface area contributed by atoms with E-state index in [0.29, 0.717) is 49.9 Å². The van der Waals surface area contributed by atoms with Gasteiger partial charge in [0, 0.05) is 163 Å². The second kappa shape index (κ2) is 47.6. The predicted octanol–water partition coefficient (Wildman–Crippen LogP) is 28.9. The first kappa shape index (κ1) is 108. The number of halogens is 14. The number of nitrogens with zero attached hydrogens (tertiary/aromatic N) is 5. The number of aliphatic carboxylic acids is 5. The van der Waals surface area contributed by atoms with Gasteiger partial charge >= 0.3 is 29.8 Å². The summed E-state index contributed by atoms with van der Waals surface area (Å²) in [4.78, 5) is 67.2. The van der Waals surface area contributed by atoms with Crippen molar-refractivity contribution >= 4 is 359 Å². The van der Waals surface area contributed by atoms with E-state index in [4.69, 9.17) is 40.1 Å². The predicted molar refractivity (Wildman–Crippen MR) is 573 cm³/mol. The largest absolute Gasteiger partial charge is 0.481 e. The van der Waals surface area contributed by atoms with Crippen LogP contribution in [0.5, 0.6) is 0 Å². The molecule has 666 valence electrons. The highest BCUT2D eigenvalue weighted by Crippen LogP contribution is 2.54. The highest BCUT2D eigenvalue weighted by molar-refractivity contribution is 14.1. The summed E-state index contributed by atoms with van der Waals surface area (Å²) in [6.07, 6.45) is 18.4. The van der Waals surface area contributed by atoms with Gasteiger partial charge in [-0.3, -0.25) is 43.5 Å². The zero-order valence-electron chi connectivity index (χ0n) is 70.1. The molecule has 0 bridgehead atoms. The van der Waals surface area contributed by atoms with Gasteiger partial charge < -0.3 is 25.5 Å². The number of aliphatic imine (C=N–C) groups is 3. The van der Waals surface area contributed by atoms with Crippen molar-refractivity contribution in [3.63, 3.8) is 0 Å². The maximum absolute atomic E-state index is 14.5. The Bertz CT molecular complexity index is 5190. The molecule has 5 heterocycles. The smallest absolute Gasteiger partial charge is 0.303 e. The number of benzene rings is 6. The molecule has 0 spiro atoms. The minimum absolute atomic E-state index is 0.00153. The number of carbonyl (C=O) groups is 5. The first-order valence-corrected chi connectivity index (χ1v) is 54.2. The van der Waals surface area contributed by atoms with Crippen LogP contribution in [0.2, 0.25) is 0 Å². The van der Waals surface area contributed by atoms with E-state index in [1.54, 1.807) is 22.6 Å². The van der Waals surface area contributed by atoms with Crippen molar-refractivity contribution < 1.29 is 80.4 Å². The minimum atomic E-state index is -3.93. The van der Waals surface area contributed by atoms with E-state index in [9.17, 15) is 41.2 Å². The lowest BCUT2D eigenvalue weighted by Gasteiger charge is -2.28. The fourth-order valence-corrected chi connectivity index (χ4v) is 26.9. The van der Waals surface area contributed by atoms with Crippen molar-refractivity contribution in [2.45, 2.75) is 270 Å². The number of fused-ring (bicyclic) bond motifs is 7. The van der Waals surface area contributed by atoms with Gasteiger partial charge in [0.15, 0.2) is 11.4 Å². The molecular weight excluding hydrogens is 2800 g/mol. The lowest BCUT2D eigenvalue weighted by molar-refractivity contribution is -0.440. The van der Waals surface area contributed by atoms with Gasteiger partial charge in [0.25, 0.3) is 10.1 Å². The molecule has 33 heteroatoms. The second-order valence-corrected chi connectivity index (χ2v) is 47.1. The van der Waals surface area contributed by atoms with Gasteiger partial charge in [-0.15, -0.1) is 0 Å². The van der Waals surface area contributed by atoms with E-state index in [-0.39, 0.29) is 63.1 Å². The van der Waals surface area contributed by atoms with Crippen molar-refractivity contribution in [1.29, 1.82) is 0 Å². The number of hydrogen-bond acceptors (Lipinski definition) is 10.